The van der Waals surface area contributed by atoms with E-state index < -0.39 is 30.4 Å². The minimum atomic E-state index is -1.30. The molecule has 8 heteroatoms. The smallest absolute Gasteiger partial charge is 0.407 e. The molecule has 0 fully saturated rings. The molecular formula is C21H22N2O6. The molecular weight excluding hydrogens is 376 g/mol. The predicted octanol–water partition coefficient (Wildman–Crippen LogP) is 1.48. The average molecular weight is 398 g/mol. The summed E-state index contributed by atoms with van der Waals surface area (Å²) in [5.41, 5.74) is 4.27. The molecule has 0 aromatic heterocycles. The summed E-state index contributed by atoms with van der Waals surface area (Å²) < 4.78 is 5.33. The summed E-state index contributed by atoms with van der Waals surface area (Å²) >= 11 is 0. The Labute approximate surface area is 167 Å². The lowest BCUT2D eigenvalue weighted by molar-refractivity contribution is -0.139. The van der Waals surface area contributed by atoms with E-state index in [9.17, 15) is 14.4 Å². The van der Waals surface area contributed by atoms with Gasteiger partial charge >= 0.3 is 12.1 Å². The van der Waals surface area contributed by atoms with Gasteiger partial charge in [-0.15, -0.1) is 0 Å². The number of benzene rings is 2. The Kier molecular flexibility index (Phi) is 6.46. The van der Waals surface area contributed by atoms with E-state index in [0.29, 0.717) is 0 Å². The summed E-state index contributed by atoms with van der Waals surface area (Å²) in [6.45, 7) is -0.282. The molecule has 29 heavy (non-hydrogen) atoms. The van der Waals surface area contributed by atoms with E-state index in [0.717, 1.165) is 22.3 Å². The molecule has 0 heterocycles. The van der Waals surface area contributed by atoms with Gasteiger partial charge in [0.05, 0.1) is 13.0 Å². The second-order valence-electron chi connectivity index (χ2n) is 6.63. The standard InChI is InChI=1S/C21H22N2O6/c24-10-9-22-20(27)18(11-19(25)26)23-21(28)29-12-17-15-7-3-1-5-13(15)14-6-2-4-8-16(14)17/h1-8,17-18,24H,9-12H2,(H,22,27)(H,23,28)(H,25,26). The first-order valence-corrected chi connectivity index (χ1v) is 9.23. The van der Waals surface area contributed by atoms with Crippen LogP contribution in [0.15, 0.2) is 48.5 Å². The van der Waals surface area contributed by atoms with Crippen LogP contribution in [0.25, 0.3) is 11.1 Å². The van der Waals surface area contributed by atoms with Crippen molar-refractivity contribution in [2.24, 2.45) is 0 Å². The fourth-order valence-electron chi connectivity index (χ4n) is 3.47. The van der Waals surface area contributed by atoms with Gasteiger partial charge in [0.25, 0.3) is 0 Å². The summed E-state index contributed by atoms with van der Waals surface area (Å²) in [6, 6.07) is 14.5. The van der Waals surface area contributed by atoms with Crippen LogP contribution < -0.4 is 10.6 Å². The van der Waals surface area contributed by atoms with Gasteiger partial charge in [0.1, 0.15) is 12.6 Å². The third-order valence-corrected chi connectivity index (χ3v) is 4.74. The molecule has 8 nitrogen and oxygen atoms in total. The maximum absolute atomic E-state index is 12.2. The van der Waals surface area contributed by atoms with E-state index in [1.807, 2.05) is 48.5 Å². The number of nitrogens with one attached hydrogen (secondary N) is 2. The number of aliphatic hydroxyl groups is 1. The molecule has 1 aliphatic carbocycles. The third-order valence-electron chi connectivity index (χ3n) is 4.74. The number of hydrogen-bond acceptors (Lipinski definition) is 5. The largest absolute Gasteiger partial charge is 0.481 e. The van der Waals surface area contributed by atoms with Gasteiger partial charge in [0.15, 0.2) is 0 Å². The van der Waals surface area contributed by atoms with E-state index >= 15 is 0 Å². The molecule has 0 saturated carbocycles. The van der Waals surface area contributed by atoms with Crippen molar-refractivity contribution >= 4 is 18.0 Å². The van der Waals surface area contributed by atoms with Crippen LogP contribution in [0.1, 0.15) is 23.5 Å². The maximum Gasteiger partial charge on any atom is 0.407 e. The Morgan fingerprint density at radius 3 is 2.14 bits per heavy atom. The van der Waals surface area contributed by atoms with E-state index in [1.54, 1.807) is 0 Å². The van der Waals surface area contributed by atoms with E-state index in [-0.39, 0.29) is 25.7 Å². The molecule has 4 N–H and O–H groups in total. The van der Waals surface area contributed by atoms with Gasteiger partial charge in [0.2, 0.25) is 5.91 Å². The normalized spacial score (nSPS) is 13.1. The molecule has 0 spiro atoms. The Morgan fingerprint density at radius 1 is 1.00 bits per heavy atom. The van der Waals surface area contributed by atoms with Crippen LogP contribution in [0.3, 0.4) is 0 Å². The van der Waals surface area contributed by atoms with Crippen molar-refractivity contribution in [1.82, 2.24) is 10.6 Å². The van der Waals surface area contributed by atoms with Crippen molar-refractivity contribution in [3.05, 3.63) is 59.7 Å². The number of alkyl carbamates (subject to hydrolysis) is 1. The zero-order valence-electron chi connectivity index (χ0n) is 15.6. The van der Waals surface area contributed by atoms with Crippen LogP contribution >= 0.6 is 0 Å². The number of carbonyl (C=O) groups is 3. The summed E-state index contributed by atoms with van der Waals surface area (Å²) in [7, 11) is 0. The second-order valence-corrected chi connectivity index (χ2v) is 6.63. The quantitative estimate of drug-likeness (QED) is 0.534. The van der Waals surface area contributed by atoms with Crippen LogP contribution in [-0.2, 0) is 14.3 Å². The molecule has 1 unspecified atom stereocenters. The van der Waals surface area contributed by atoms with Crippen molar-refractivity contribution in [2.75, 3.05) is 19.8 Å². The van der Waals surface area contributed by atoms with E-state index in [2.05, 4.69) is 10.6 Å². The number of ether oxygens (including phenoxy) is 1. The van der Waals surface area contributed by atoms with Crippen LogP contribution in [0.4, 0.5) is 4.79 Å². The van der Waals surface area contributed by atoms with Crippen molar-refractivity contribution in [3.63, 3.8) is 0 Å². The number of rotatable bonds is 8. The first-order chi connectivity index (χ1) is 14.0. The van der Waals surface area contributed by atoms with Crippen molar-refractivity contribution < 1.29 is 29.3 Å². The zero-order valence-corrected chi connectivity index (χ0v) is 15.6. The van der Waals surface area contributed by atoms with E-state index in [4.69, 9.17) is 14.9 Å². The number of aliphatic hydroxyl groups excluding tert-OH is 1. The van der Waals surface area contributed by atoms with Gasteiger partial charge in [-0.25, -0.2) is 4.79 Å². The van der Waals surface area contributed by atoms with Crippen LogP contribution in [-0.4, -0.2) is 54.0 Å². The van der Waals surface area contributed by atoms with Crippen molar-refractivity contribution in [1.29, 1.82) is 0 Å². The van der Waals surface area contributed by atoms with Gasteiger partial charge in [-0.05, 0) is 22.3 Å². The summed E-state index contributed by atoms with van der Waals surface area (Å²) in [5.74, 6) is -2.09. The molecule has 2 aromatic rings. The monoisotopic (exact) mass is 398 g/mol. The van der Waals surface area contributed by atoms with Gasteiger partial charge in [-0.2, -0.15) is 0 Å². The van der Waals surface area contributed by atoms with Crippen LogP contribution in [0.2, 0.25) is 0 Å². The number of carbonyl (C=O) groups excluding carboxylic acids is 2. The number of hydrogen-bond donors (Lipinski definition) is 4. The van der Waals surface area contributed by atoms with Crippen molar-refractivity contribution in [2.45, 2.75) is 18.4 Å². The fraction of sp³-hybridized carbons (Fsp3) is 0.286. The first-order valence-electron chi connectivity index (χ1n) is 9.23. The highest BCUT2D eigenvalue weighted by atomic mass is 16.5. The maximum atomic E-state index is 12.2. The summed E-state index contributed by atoms with van der Waals surface area (Å²) in [4.78, 5) is 35.2. The highest BCUT2D eigenvalue weighted by Crippen LogP contribution is 2.44. The molecule has 2 aromatic carbocycles. The lowest BCUT2D eigenvalue weighted by Gasteiger charge is -2.18. The first kappa shape index (κ1) is 20.3. The summed E-state index contributed by atoms with van der Waals surface area (Å²) in [6.07, 6.45) is -1.47. The molecule has 0 radical (unpaired) electrons. The SMILES string of the molecule is O=C(O)CC(NC(=O)OCC1c2ccccc2-c2ccccc21)C(=O)NCCO. The Hall–Kier alpha value is -3.39. The van der Waals surface area contributed by atoms with Gasteiger partial charge in [0, 0.05) is 12.5 Å². The molecule has 1 aliphatic rings. The van der Waals surface area contributed by atoms with Gasteiger partial charge < -0.3 is 25.6 Å². The molecule has 152 valence electrons. The summed E-state index contributed by atoms with van der Waals surface area (Å²) in [5, 5.41) is 22.4. The highest BCUT2D eigenvalue weighted by molar-refractivity contribution is 5.89. The number of carboxylic acid groups (broad SMARTS) is 1. The van der Waals surface area contributed by atoms with E-state index in [1.165, 1.54) is 0 Å². The highest BCUT2D eigenvalue weighted by Gasteiger charge is 2.30. The molecule has 2 amide bonds. The molecule has 3 rings (SSSR count). The lowest BCUT2D eigenvalue weighted by atomic mass is 9.98. The predicted molar refractivity (Wildman–Crippen MR) is 104 cm³/mol. The van der Waals surface area contributed by atoms with Crippen LogP contribution in [0, 0.1) is 0 Å². The second kappa shape index (κ2) is 9.20. The minimum Gasteiger partial charge on any atom is -0.481 e. The van der Waals surface area contributed by atoms with Crippen LogP contribution in [0.5, 0.6) is 0 Å². The Bertz CT molecular complexity index is 868. The number of aliphatic carboxylic acids is 1. The average Bonchev–Trinajstić information content (AvgIpc) is 3.03. The number of fused-ring (bicyclic) bond motifs is 3. The number of amides is 2. The molecule has 0 saturated heterocycles. The van der Waals surface area contributed by atoms with Gasteiger partial charge in [-0.3, -0.25) is 9.59 Å². The molecule has 0 bridgehead atoms. The van der Waals surface area contributed by atoms with Crippen molar-refractivity contribution in [3.8, 4) is 11.1 Å². The minimum absolute atomic E-state index is 0.0404. The lowest BCUT2D eigenvalue weighted by Crippen LogP contribution is -2.48. The fourth-order valence-corrected chi connectivity index (χ4v) is 3.47. The Balaban J connectivity index is 1.66. The number of carboxylic acids is 1. The Morgan fingerprint density at radius 2 is 1.59 bits per heavy atom. The topological polar surface area (TPSA) is 125 Å². The zero-order chi connectivity index (χ0) is 20.8. The molecule has 0 aliphatic heterocycles. The molecule has 1 atom stereocenters. The van der Waals surface area contributed by atoms with Gasteiger partial charge in [-0.1, -0.05) is 48.5 Å². The third kappa shape index (κ3) is 4.72.